The molecule has 18 heavy (non-hydrogen) atoms. The number of ether oxygens (including phenoxy) is 1. The first-order chi connectivity index (χ1) is 8.65. The lowest BCUT2D eigenvalue weighted by Crippen LogP contribution is -2.17. The van der Waals surface area contributed by atoms with E-state index >= 15 is 0 Å². The van der Waals surface area contributed by atoms with E-state index in [1.165, 1.54) is 6.20 Å². The largest absolute Gasteiger partial charge is 0.417 e. The second-order valence-electron chi connectivity index (χ2n) is 4.02. The highest BCUT2D eigenvalue weighted by Crippen LogP contribution is 2.16. The Labute approximate surface area is 106 Å². The van der Waals surface area contributed by atoms with Crippen LogP contribution in [0.3, 0.4) is 0 Å². The summed E-state index contributed by atoms with van der Waals surface area (Å²) in [6.45, 7) is 3.94. The van der Waals surface area contributed by atoms with E-state index in [4.69, 9.17) is 4.74 Å². The van der Waals surface area contributed by atoms with E-state index in [0.717, 1.165) is 16.8 Å². The van der Waals surface area contributed by atoms with Gasteiger partial charge < -0.3 is 4.74 Å². The van der Waals surface area contributed by atoms with Gasteiger partial charge in [-0.2, -0.15) is 0 Å². The fraction of sp³-hybridized carbons (Fsp3) is 0.143. The Morgan fingerprint density at radius 1 is 1.28 bits per heavy atom. The Morgan fingerprint density at radius 2 is 2.11 bits per heavy atom. The number of nitrogens with zero attached hydrogens (tertiary/aromatic N) is 1. The second kappa shape index (κ2) is 5.31. The molecule has 1 N–H and O–H groups in total. The maximum absolute atomic E-state index is 11.7. The minimum atomic E-state index is -0.519. The number of benzene rings is 1. The first-order valence-electron chi connectivity index (χ1n) is 5.61. The molecule has 4 nitrogen and oxygen atoms in total. The molecule has 0 aliphatic rings. The molecule has 0 fully saturated rings. The van der Waals surface area contributed by atoms with Crippen molar-refractivity contribution in [2.24, 2.45) is 0 Å². The lowest BCUT2D eigenvalue weighted by Gasteiger charge is -2.09. The highest BCUT2D eigenvalue weighted by Gasteiger charge is 2.06. The van der Waals surface area contributed by atoms with Gasteiger partial charge in [-0.1, -0.05) is 17.7 Å². The van der Waals surface area contributed by atoms with Crippen molar-refractivity contribution in [3.05, 3.63) is 53.9 Å². The topological polar surface area (TPSA) is 51.2 Å². The van der Waals surface area contributed by atoms with Gasteiger partial charge in [0.25, 0.3) is 0 Å². The number of anilines is 1. The highest BCUT2D eigenvalue weighted by molar-refractivity contribution is 5.87. The van der Waals surface area contributed by atoms with Crippen LogP contribution in [-0.4, -0.2) is 11.1 Å². The van der Waals surface area contributed by atoms with Crippen LogP contribution >= 0.6 is 0 Å². The first-order valence-corrected chi connectivity index (χ1v) is 5.61. The van der Waals surface area contributed by atoms with Crippen LogP contribution in [0.25, 0.3) is 0 Å². The molecule has 2 aromatic rings. The maximum Gasteiger partial charge on any atom is 0.417 e. The maximum atomic E-state index is 11.7. The highest BCUT2D eigenvalue weighted by atomic mass is 16.6. The summed E-state index contributed by atoms with van der Waals surface area (Å²) in [5.74, 6) is 0.416. The Morgan fingerprint density at radius 3 is 2.78 bits per heavy atom. The lowest BCUT2D eigenvalue weighted by molar-refractivity contribution is 0.215. The van der Waals surface area contributed by atoms with E-state index in [-0.39, 0.29) is 0 Å². The zero-order chi connectivity index (χ0) is 13.0. The Bertz CT molecular complexity index is 553. The SMILES string of the molecule is Cc1ccc(NC(=O)Oc2cccnc2)c(C)c1. The van der Waals surface area contributed by atoms with Gasteiger partial charge in [0.1, 0.15) is 0 Å². The zero-order valence-electron chi connectivity index (χ0n) is 10.3. The van der Waals surface area contributed by atoms with Crippen molar-refractivity contribution in [1.82, 2.24) is 4.98 Å². The summed E-state index contributed by atoms with van der Waals surface area (Å²) < 4.78 is 5.09. The molecule has 0 atom stereocenters. The van der Waals surface area contributed by atoms with E-state index in [1.54, 1.807) is 18.3 Å². The molecule has 0 unspecified atom stereocenters. The van der Waals surface area contributed by atoms with Crippen molar-refractivity contribution in [1.29, 1.82) is 0 Å². The van der Waals surface area contributed by atoms with Gasteiger partial charge in [-0.05, 0) is 37.6 Å². The first kappa shape index (κ1) is 12.1. The van der Waals surface area contributed by atoms with Gasteiger partial charge in [0, 0.05) is 11.9 Å². The number of carbonyl (C=O) groups is 1. The number of carbonyl (C=O) groups excluding carboxylic acids is 1. The molecule has 0 spiro atoms. The van der Waals surface area contributed by atoms with Crippen LogP contribution in [0.5, 0.6) is 5.75 Å². The number of rotatable bonds is 2. The summed E-state index contributed by atoms with van der Waals surface area (Å²) in [5.41, 5.74) is 2.89. The van der Waals surface area contributed by atoms with Gasteiger partial charge in [-0.3, -0.25) is 10.3 Å². The van der Waals surface area contributed by atoms with Gasteiger partial charge >= 0.3 is 6.09 Å². The minimum Gasteiger partial charge on any atom is -0.408 e. The summed E-state index contributed by atoms with van der Waals surface area (Å²) in [5, 5.41) is 2.70. The molecular weight excluding hydrogens is 228 g/mol. The molecule has 1 aromatic heterocycles. The third-order valence-electron chi connectivity index (χ3n) is 2.46. The quantitative estimate of drug-likeness (QED) is 0.879. The number of pyridine rings is 1. The van der Waals surface area contributed by atoms with Crippen molar-refractivity contribution < 1.29 is 9.53 Å². The van der Waals surface area contributed by atoms with Gasteiger partial charge in [-0.15, -0.1) is 0 Å². The van der Waals surface area contributed by atoms with E-state index in [2.05, 4.69) is 10.3 Å². The molecule has 0 aliphatic carbocycles. The summed E-state index contributed by atoms with van der Waals surface area (Å²) in [7, 11) is 0. The second-order valence-corrected chi connectivity index (χ2v) is 4.02. The molecule has 1 aromatic carbocycles. The monoisotopic (exact) mass is 242 g/mol. The number of amides is 1. The Balaban J connectivity index is 2.03. The average molecular weight is 242 g/mol. The summed E-state index contributed by atoms with van der Waals surface area (Å²) in [6.07, 6.45) is 2.59. The molecule has 0 aliphatic heterocycles. The van der Waals surface area contributed by atoms with Crippen molar-refractivity contribution in [3.8, 4) is 5.75 Å². The molecule has 4 heteroatoms. The average Bonchev–Trinajstić information content (AvgIpc) is 2.34. The molecule has 0 saturated heterocycles. The predicted molar refractivity (Wildman–Crippen MR) is 69.8 cm³/mol. The predicted octanol–water partition coefficient (Wildman–Crippen LogP) is 3.31. The van der Waals surface area contributed by atoms with Gasteiger partial charge in [0.2, 0.25) is 0 Å². The van der Waals surface area contributed by atoms with E-state index < -0.39 is 6.09 Å². The van der Waals surface area contributed by atoms with Crippen LogP contribution in [-0.2, 0) is 0 Å². The van der Waals surface area contributed by atoms with Crippen LogP contribution in [0.2, 0.25) is 0 Å². The fourth-order valence-corrected chi connectivity index (χ4v) is 1.60. The molecule has 92 valence electrons. The molecular formula is C14H14N2O2. The molecule has 0 saturated carbocycles. The minimum absolute atomic E-state index is 0.416. The van der Waals surface area contributed by atoms with Crippen LogP contribution in [0.1, 0.15) is 11.1 Å². The van der Waals surface area contributed by atoms with Crippen LogP contribution in [0.4, 0.5) is 10.5 Å². The Hall–Kier alpha value is -2.36. The molecule has 0 radical (unpaired) electrons. The Kier molecular flexibility index (Phi) is 3.57. The van der Waals surface area contributed by atoms with Gasteiger partial charge in [-0.25, -0.2) is 4.79 Å². The van der Waals surface area contributed by atoms with Crippen LogP contribution in [0.15, 0.2) is 42.7 Å². The van der Waals surface area contributed by atoms with Crippen molar-refractivity contribution in [2.75, 3.05) is 5.32 Å². The number of hydrogen-bond donors (Lipinski definition) is 1. The summed E-state index contributed by atoms with van der Waals surface area (Å²) >= 11 is 0. The van der Waals surface area contributed by atoms with Gasteiger partial charge in [0.15, 0.2) is 5.75 Å². The van der Waals surface area contributed by atoms with E-state index in [9.17, 15) is 4.79 Å². The van der Waals surface area contributed by atoms with Gasteiger partial charge in [0.05, 0.1) is 6.20 Å². The molecule has 1 amide bonds. The smallest absolute Gasteiger partial charge is 0.408 e. The third kappa shape index (κ3) is 3.07. The zero-order valence-corrected chi connectivity index (χ0v) is 10.3. The van der Waals surface area contributed by atoms with Crippen molar-refractivity contribution >= 4 is 11.8 Å². The standard InChI is InChI=1S/C14H14N2O2/c1-10-5-6-13(11(2)8-10)16-14(17)18-12-4-3-7-15-9-12/h3-9H,1-2H3,(H,16,17). The normalized spacial score (nSPS) is 9.89. The number of hydrogen-bond acceptors (Lipinski definition) is 3. The van der Waals surface area contributed by atoms with E-state index in [0.29, 0.717) is 5.75 Å². The van der Waals surface area contributed by atoms with Crippen molar-refractivity contribution in [3.63, 3.8) is 0 Å². The third-order valence-corrected chi connectivity index (χ3v) is 2.46. The summed E-state index contributed by atoms with van der Waals surface area (Å²) in [6, 6.07) is 9.18. The molecule has 0 bridgehead atoms. The molecule has 1 heterocycles. The van der Waals surface area contributed by atoms with E-state index in [1.807, 2.05) is 32.0 Å². The number of aryl methyl sites for hydroxylation is 2. The van der Waals surface area contributed by atoms with Crippen molar-refractivity contribution in [2.45, 2.75) is 13.8 Å². The molecule has 2 rings (SSSR count). The lowest BCUT2D eigenvalue weighted by atomic mass is 10.1. The van der Waals surface area contributed by atoms with Crippen LogP contribution < -0.4 is 10.1 Å². The number of nitrogens with one attached hydrogen (secondary N) is 1. The number of aromatic nitrogens is 1. The fourth-order valence-electron chi connectivity index (χ4n) is 1.60. The van der Waals surface area contributed by atoms with Crippen LogP contribution in [0, 0.1) is 13.8 Å². The summed E-state index contributed by atoms with van der Waals surface area (Å²) in [4.78, 5) is 15.5.